The Bertz CT molecular complexity index is 646. The fraction of sp³-hybridized carbons (Fsp3) is 0.188. The number of nitrogens with one attached hydrogen (secondary N) is 1. The monoisotopic (exact) mass is 351 g/mol. The number of para-hydroxylation sites is 1. The molecule has 0 saturated heterocycles. The van der Waals surface area contributed by atoms with Crippen LogP contribution in [0.1, 0.15) is 22.8 Å². The van der Waals surface area contributed by atoms with Crippen LogP contribution in [0.25, 0.3) is 0 Å². The number of carbonyl (C=O) groups excluding carboxylic acids is 1. The smallest absolute Gasteiger partial charge is 0.258 e. The van der Waals surface area contributed by atoms with Gasteiger partial charge in [-0.1, -0.05) is 34.1 Å². The van der Waals surface area contributed by atoms with Gasteiger partial charge in [-0.15, -0.1) is 0 Å². The van der Waals surface area contributed by atoms with E-state index in [-0.39, 0.29) is 5.56 Å². The fourth-order valence-corrected chi connectivity index (χ4v) is 2.20. The maximum atomic E-state index is 13.7. The van der Waals surface area contributed by atoms with Gasteiger partial charge in [0, 0.05) is 22.3 Å². The Hall–Kier alpha value is -1.72. The topological polar surface area (TPSA) is 38.3 Å². The molecule has 0 spiro atoms. The molecular weight excluding hydrogens is 337 g/mol. The molecular formula is C16H15BrFNO2. The molecule has 0 aliphatic heterocycles. The number of ether oxygens (including phenoxy) is 1. The van der Waals surface area contributed by atoms with Crippen molar-refractivity contribution in [2.24, 2.45) is 0 Å². The lowest BCUT2D eigenvalue weighted by Gasteiger charge is -2.11. The first-order valence-electron chi connectivity index (χ1n) is 6.54. The average molecular weight is 352 g/mol. The maximum Gasteiger partial charge on any atom is 0.258 e. The molecule has 110 valence electrons. The summed E-state index contributed by atoms with van der Waals surface area (Å²) in [7, 11) is 0. The summed E-state index contributed by atoms with van der Waals surface area (Å²) in [6, 6.07) is 11.6. The Labute approximate surface area is 131 Å². The van der Waals surface area contributed by atoms with Crippen LogP contribution < -0.4 is 5.32 Å². The summed E-state index contributed by atoms with van der Waals surface area (Å²) in [5.74, 6) is -1.05. The minimum absolute atomic E-state index is 0.00409. The largest absolute Gasteiger partial charge is 0.377 e. The van der Waals surface area contributed by atoms with Gasteiger partial charge in [-0.3, -0.25) is 4.79 Å². The van der Waals surface area contributed by atoms with Crippen molar-refractivity contribution in [3.05, 3.63) is 63.9 Å². The highest BCUT2D eigenvalue weighted by molar-refractivity contribution is 9.10. The second-order valence-electron chi connectivity index (χ2n) is 4.37. The molecule has 0 radical (unpaired) electrons. The number of rotatable bonds is 5. The highest BCUT2D eigenvalue weighted by Gasteiger charge is 2.13. The molecule has 0 atom stereocenters. The van der Waals surface area contributed by atoms with E-state index in [1.807, 2.05) is 25.1 Å². The second kappa shape index (κ2) is 7.33. The number of carbonyl (C=O) groups is 1. The van der Waals surface area contributed by atoms with Crippen molar-refractivity contribution in [3.63, 3.8) is 0 Å². The van der Waals surface area contributed by atoms with Crippen LogP contribution in [0.4, 0.5) is 10.1 Å². The molecule has 0 bridgehead atoms. The number of amides is 1. The molecule has 0 fully saturated rings. The van der Waals surface area contributed by atoms with Crippen molar-refractivity contribution in [2.75, 3.05) is 11.9 Å². The zero-order chi connectivity index (χ0) is 15.2. The van der Waals surface area contributed by atoms with Crippen LogP contribution in [0.5, 0.6) is 0 Å². The van der Waals surface area contributed by atoms with E-state index in [1.54, 1.807) is 12.1 Å². The normalized spacial score (nSPS) is 10.4. The molecule has 2 aromatic carbocycles. The molecule has 1 N–H and O–H groups in total. The van der Waals surface area contributed by atoms with Crippen LogP contribution in [0.2, 0.25) is 0 Å². The first-order chi connectivity index (χ1) is 10.1. The van der Waals surface area contributed by atoms with Crippen molar-refractivity contribution < 1.29 is 13.9 Å². The Morgan fingerprint density at radius 2 is 2.05 bits per heavy atom. The van der Waals surface area contributed by atoms with E-state index in [0.29, 0.717) is 23.4 Å². The van der Waals surface area contributed by atoms with Gasteiger partial charge in [0.1, 0.15) is 5.82 Å². The molecule has 3 nitrogen and oxygen atoms in total. The molecule has 21 heavy (non-hydrogen) atoms. The van der Waals surface area contributed by atoms with Gasteiger partial charge in [0.05, 0.1) is 12.2 Å². The van der Waals surface area contributed by atoms with Gasteiger partial charge in [-0.25, -0.2) is 4.39 Å². The third-order valence-electron chi connectivity index (χ3n) is 2.90. The highest BCUT2D eigenvalue weighted by Crippen LogP contribution is 2.20. The van der Waals surface area contributed by atoms with Crippen LogP contribution in [-0.2, 0) is 11.3 Å². The van der Waals surface area contributed by atoms with Gasteiger partial charge in [0.2, 0.25) is 0 Å². The van der Waals surface area contributed by atoms with Gasteiger partial charge in [-0.2, -0.15) is 0 Å². The maximum absolute atomic E-state index is 13.7. The van der Waals surface area contributed by atoms with Crippen molar-refractivity contribution in [1.82, 2.24) is 0 Å². The molecule has 0 aromatic heterocycles. The lowest BCUT2D eigenvalue weighted by molar-refractivity contribution is 0.102. The Balaban J connectivity index is 2.21. The van der Waals surface area contributed by atoms with Crippen molar-refractivity contribution in [3.8, 4) is 0 Å². The molecule has 0 heterocycles. The van der Waals surface area contributed by atoms with Crippen molar-refractivity contribution in [1.29, 1.82) is 0 Å². The predicted molar refractivity (Wildman–Crippen MR) is 83.8 cm³/mol. The second-order valence-corrected chi connectivity index (χ2v) is 5.29. The van der Waals surface area contributed by atoms with E-state index in [2.05, 4.69) is 21.2 Å². The van der Waals surface area contributed by atoms with Gasteiger partial charge in [0.15, 0.2) is 0 Å². The first kappa shape index (κ1) is 15.7. The predicted octanol–water partition coefficient (Wildman–Crippen LogP) is 4.38. The van der Waals surface area contributed by atoms with E-state index < -0.39 is 11.7 Å². The summed E-state index contributed by atoms with van der Waals surface area (Å²) in [5, 5.41) is 2.72. The fourth-order valence-electron chi connectivity index (χ4n) is 1.84. The Morgan fingerprint density at radius 1 is 1.29 bits per heavy atom. The Morgan fingerprint density at radius 3 is 2.81 bits per heavy atom. The zero-order valence-corrected chi connectivity index (χ0v) is 13.1. The van der Waals surface area contributed by atoms with Gasteiger partial charge >= 0.3 is 0 Å². The third kappa shape index (κ3) is 4.12. The summed E-state index contributed by atoms with van der Waals surface area (Å²) >= 11 is 3.23. The molecule has 1 amide bonds. The van der Waals surface area contributed by atoms with Crippen LogP contribution in [0.3, 0.4) is 0 Å². The van der Waals surface area contributed by atoms with Crippen LogP contribution in [-0.4, -0.2) is 12.5 Å². The minimum atomic E-state index is -0.557. The number of benzene rings is 2. The summed E-state index contributed by atoms with van der Waals surface area (Å²) in [6.07, 6.45) is 0. The van der Waals surface area contributed by atoms with Crippen LogP contribution in [0, 0.1) is 5.82 Å². The zero-order valence-electron chi connectivity index (χ0n) is 11.5. The van der Waals surface area contributed by atoms with Gasteiger partial charge < -0.3 is 10.1 Å². The van der Waals surface area contributed by atoms with E-state index in [1.165, 1.54) is 12.1 Å². The number of hydrogen-bond donors (Lipinski definition) is 1. The lowest BCUT2D eigenvalue weighted by Crippen LogP contribution is -2.15. The molecule has 0 aliphatic carbocycles. The molecule has 0 saturated carbocycles. The lowest BCUT2D eigenvalue weighted by atomic mass is 10.1. The molecule has 5 heteroatoms. The number of hydrogen-bond acceptors (Lipinski definition) is 2. The van der Waals surface area contributed by atoms with Gasteiger partial charge in [-0.05, 0) is 31.2 Å². The van der Waals surface area contributed by atoms with Crippen LogP contribution in [0.15, 0.2) is 46.9 Å². The molecule has 2 rings (SSSR count). The standard InChI is InChI=1S/C16H15BrFNO2/c1-2-21-10-11-5-3-4-6-15(11)19-16(20)13-9-12(17)7-8-14(13)18/h3-9H,2,10H2,1H3,(H,19,20). The Kier molecular flexibility index (Phi) is 5.47. The summed E-state index contributed by atoms with van der Waals surface area (Å²) in [4.78, 5) is 12.2. The first-order valence-corrected chi connectivity index (χ1v) is 7.33. The van der Waals surface area contributed by atoms with Crippen molar-refractivity contribution >= 4 is 27.5 Å². The average Bonchev–Trinajstić information content (AvgIpc) is 2.48. The van der Waals surface area contributed by atoms with E-state index in [4.69, 9.17) is 4.74 Å². The van der Waals surface area contributed by atoms with E-state index in [0.717, 1.165) is 5.56 Å². The summed E-state index contributed by atoms with van der Waals surface area (Å²) in [6.45, 7) is 2.88. The number of anilines is 1. The molecule has 0 aliphatic rings. The number of halogens is 2. The summed E-state index contributed by atoms with van der Waals surface area (Å²) in [5.41, 5.74) is 1.47. The quantitative estimate of drug-likeness (QED) is 0.868. The van der Waals surface area contributed by atoms with Crippen molar-refractivity contribution in [2.45, 2.75) is 13.5 Å². The molecule has 2 aromatic rings. The minimum Gasteiger partial charge on any atom is -0.377 e. The van der Waals surface area contributed by atoms with Gasteiger partial charge in [0.25, 0.3) is 5.91 Å². The highest BCUT2D eigenvalue weighted by atomic mass is 79.9. The van der Waals surface area contributed by atoms with Crippen LogP contribution >= 0.6 is 15.9 Å². The van der Waals surface area contributed by atoms with E-state index in [9.17, 15) is 9.18 Å². The third-order valence-corrected chi connectivity index (χ3v) is 3.39. The SMILES string of the molecule is CCOCc1ccccc1NC(=O)c1cc(Br)ccc1F. The molecule has 0 unspecified atom stereocenters. The van der Waals surface area contributed by atoms with E-state index >= 15 is 0 Å². The summed E-state index contributed by atoms with van der Waals surface area (Å²) < 4.78 is 19.7.